The fourth-order valence-electron chi connectivity index (χ4n) is 3.16. The van der Waals surface area contributed by atoms with E-state index in [0.29, 0.717) is 11.8 Å². The molecule has 2 rings (SSSR count). The van der Waals surface area contributed by atoms with Gasteiger partial charge >= 0.3 is 0 Å². The number of hydrogen-bond acceptors (Lipinski definition) is 2. The number of anilines is 1. The Balaban J connectivity index is 0.00000242. The van der Waals surface area contributed by atoms with Gasteiger partial charge in [0.1, 0.15) is 0 Å². The summed E-state index contributed by atoms with van der Waals surface area (Å²) < 4.78 is 0. The number of amides is 1. The first-order chi connectivity index (χ1) is 9.88. The molecule has 0 unspecified atom stereocenters. The lowest BCUT2D eigenvalue weighted by Gasteiger charge is -2.38. The van der Waals surface area contributed by atoms with E-state index < -0.39 is 0 Å². The van der Waals surface area contributed by atoms with Crippen LogP contribution in [-0.4, -0.2) is 23.9 Å². The summed E-state index contributed by atoms with van der Waals surface area (Å²) in [6, 6.07) is 7.81. The van der Waals surface area contributed by atoms with E-state index in [2.05, 4.69) is 20.8 Å². The largest absolute Gasteiger partial charge is 0.399 e. The van der Waals surface area contributed by atoms with Crippen molar-refractivity contribution in [3.63, 3.8) is 0 Å². The SMILES string of the molecule is CC(C)(C)C1CCN(C(=O)CCc2ccccc2N)CC1.Cl. The second-order valence-electron chi connectivity index (χ2n) is 7.22. The Bertz CT molecular complexity index is 488. The van der Waals surface area contributed by atoms with Gasteiger partial charge < -0.3 is 10.6 Å². The molecule has 1 aliphatic rings. The smallest absolute Gasteiger partial charge is 0.222 e. The summed E-state index contributed by atoms with van der Waals surface area (Å²) in [5.74, 6) is 0.997. The van der Waals surface area contributed by atoms with Crippen molar-refractivity contribution in [1.82, 2.24) is 4.90 Å². The highest BCUT2D eigenvalue weighted by Crippen LogP contribution is 2.34. The minimum absolute atomic E-state index is 0. The highest BCUT2D eigenvalue weighted by atomic mass is 35.5. The molecule has 3 nitrogen and oxygen atoms in total. The van der Waals surface area contributed by atoms with Crippen molar-refractivity contribution in [1.29, 1.82) is 0 Å². The molecule has 4 heteroatoms. The third-order valence-corrected chi connectivity index (χ3v) is 4.74. The molecule has 0 aromatic heterocycles. The van der Waals surface area contributed by atoms with E-state index >= 15 is 0 Å². The van der Waals surface area contributed by atoms with Crippen LogP contribution >= 0.6 is 12.4 Å². The summed E-state index contributed by atoms with van der Waals surface area (Å²) in [6.45, 7) is 8.71. The van der Waals surface area contributed by atoms with Crippen molar-refractivity contribution in [2.45, 2.75) is 46.5 Å². The van der Waals surface area contributed by atoms with Crippen LogP contribution in [0.25, 0.3) is 0 Å². The van der Waals surface area contributed by atoms with Crippen molar-refractivity contribution in [3.05, 3.63) is 29.8 Å². The lowest BCUT2D eigenvalue weighted by atomic mass is 9.75. The van der Waals surface area contributed by atoms with E-state index in [0.717, 1.165) is 49.5 Å². The van der Waals surface area contributed by atoms with Gasteiger partial charge in [-0.25, -0.2) is 0 Å². The molecule has 2 N–H and O–H groups in total. The average Bonchev–Trinajstić information content (AvgIpc) is 2.45. The van der Waals surface area contributed by atoms with Crippen LogP contribution in [0, 0.1) is 11.3 Å². The van der Waals surface area contributed by atoms with E-state index in [1.807, 2.05) is 29.2 Å². The Morgan fingerprint density at radius 2 is 1.82 bits per heavy atom. The van der Waals surface area contributed by atoms with Gasteiger partial charge in [0.05, 0.1) is 0 Å². The minimum atomic E-state index is 0. The molecule has 1 saturated heterocycles. The summed E-state index contributed by atoms with van der Waals surface area (Å²) in [5, 5.41) is 0. The van der Waals surface area contributed by atoms with Crippen LogP contribution in [0.5, 0.6) is 0 Å². The minimum Gasteiger partial charge on any atom is -0.399 e. The fraction of sp³-hybridized carbons (Fsp3) is 0.611. The average molecular weight is 325 g/mol. The molecular weight excluding hydrogens is 296 g/mol. The number of carbonyl (C=O) groups excluding carboxylic acids is 1. The third-order valence-electron chi connectivity index (χ3n) is 4.74. The topological polar surface area (TPSA) is 46.3 Å². The van der Waals surface area contributed by atoms with Crippen molar-refractivity contribution >= 4 is 24.0 Å². The Morgan fingerprint density at radius 3 is 2.36 bits per heavy atom. The molecule has 22 heavy (non-hydrogen) atoms. The maximum absolute atomic E-state index is 12.3. The molecule has 0 spiro atoms. The number of benzene rings is 1. The van der Waals surface area contributed by atoms with Gasteiger partial charge in [-0.2, -0.15) is 0 Å². The van der Waals surface area contributed by atoms with Crippen LogP contribution < -0.4 is 5.73 Å². The van der Waals surface area contributed by atoms with Gasteiger partial charge in [0.2, 0.25) is 5.91 Å². The highest BCUT2D eigenvalue weighted by molar-refractivity contribution is 5.85. The zero-order chi connectivity index (χ0) is 15.5. The molecule has 0 atom stereocenters. The number of hydrogen-bond donors (Lipinski definition) is 1. The van der Waals surface area contributed by atoms with Gasteiger partial charge in [0.15, 0.2) is 0 Å². The lowest BCUT2D eigenvalue weighted by Crippen LogP contribution is -2.41. The van der Waals surface area contributed by atoms with Gasteiger partial charge in [0.25, 0.3) is 0 Å². The molecule has 0 bridgehead atoms. The van der Waals surface area contributed by atoms with Crippen molar-refractivity contribution in [2.24, 2.45) is 11.3 Å². The highest BCUT2D eigenvalue weighted by Gasteiger charge is 2.30. The first-order valence-corrected chi connectivity index (χ1v) is 7.99. The van der Waals surface area contributed by atoms with Gasteiger partial charge in [-0.1, -0.05) is 39.0 Å². The molecule has 124 valence electrons. The molecule has 1 aromatic carbocycles. The van der Waals surface area contributed by atoms with Gasteiger partial charge in [-0.3, -0.25) is 4.79 Å². The second kappa shape index (κ2) is 7.87. The van der Waals surface area contributed by atoms with E-state index in [-0.39, 0.29) is 18.3 Å². The number of para-hydroxylation sites is 1. The summed E-state index contributed by atoms with van der Waals surface area (Å²) in [7, 11) is 0. The molecule has 1 heterocycles. The Kier molecular flexibility index (Phi) is 6.73. The first-order valence-electron chi connectivity index (χ1n) is 7.99. The van der Waals surface area contributed by atoms with Gasteiger partial charge in [-0.05, 0) is 42.2 Å². The molecule has 0 radical (unpaired) electrons. The summed E-state index contributed by atoms with van der Waals surface area (Å²) in [4.78, 5) is 14.4. The molecule has 1 aromatic rings. The van der Waals surface area contributed by atoms with Crippen LogP contribution in [-0.2, 0) is 11.2 Å². The zero-order valence-electron chi connectivity index (χ0n) is 14.0. The number of carbonyl (C=O) groups is 1. The molecule has 1 fully saturated rings. The van der Waals surface area contributed by atoms with Crippen LogP contribution in [0.4, 0.5) is 5.69 Å². The number of piperidine rings is 1. The molecular formula is C18H29ClN2O. The number of nitrogens with two attached hydrogens (primary N) is 1. The van der Waals surface area contributed by atoms with E-state index in [1.54, 1.807) is 0 Å². The standard InChI is InChI=1S/C18H28N2O.ClH/c1-18(2,3)15-10-12-20(13-11-15)17(21)9-8-14-6-4-5-7-16(14)19;/h4-7,15H,8-13,19H2,1-3H3;1H. The maximum atomic E-state index is 12.3. The van der Waals surface area contributed by atoms with E-state index in [9.17, 15) is 4.79 Å². The Hall–Kier alpha value is -1.22. The number of likely N-dealkylation sites (tertiary alicyclic amines) is 1. The first kappa shape index (κ1) is 18.8. The van der Waals surface area contributed by atoms with Crippen LogP contribution in [0.1, 0.15) is 45.6 Å². The predicted octanol–water partition coefficient (Wildman–Crippen LogP) is 3.91. The quantitative estimate of drug-likeness (QED) is 0.857. The normalized spacial score (nSPS) is 16.2. The number of nitrogens with zero attached hydrogens (tertiary/aromatic N) is 1. The number of nitrogen functional groups attached to an aromatic ring is 1. The van der Waals surface area contributed by atoms with Crippen molar-refractivity contribution < 1.29 is 4.79 Å². The lowest BCUT2D eigenvalue weighted by molar-refractivity contribution is -0.133. The Morgan fingerprint density at radius 1 is 1.23 bits per heavy atom. The molecule has 0 saturated carbocycles. The summed E-state index contributed by atoms with van der Waals surface area (Å²) in [6.07, 6.45) is 3.56. The van der Waals surface area contributed by atoms with Crippen molar-refractivity contribution in [3.8, 4) is 0 Å². The van der Waals surface area contributed by atoms with E-state index in [4.69, 9.17) is 5.73 Å². The van der Waals surface area contributed by atoms with Crippen LogP contribution in [0.3, 0.4) is 0 Å². The fourth-order valence-corrected chi connectivity index (χ4v) is 3.16. The number of halogens is 1. The number of aryl methyl sites for hydroxylation is 1. The maximum Gasteiger partial charge on any atom is 0.222 e. The summed E-state index contributed by atoms with van der Waals surface area (Å²) in [5.41, 5.74) is 8.15. The van der Waals surface area contributed by atoms with Crippen LogP contribution in [0.15, 0.2) is 24.3 Å². The summed E-state index contributed by atoms with van der Waals surface area (Å²) >= 11 is 0. The molecule has 1 amide bonds. The monoisotopic (exact) mass is 324 g/mol. The van der Waals surface area contributed by atoms with Gasteiger partial charge in [-0.15, -0.1) is 12.4 Å². The van der Waals surface area contributed by atoms with Crippen LogP contribution in [0.2, 0.25) is 0 Å². The second-order valence-corrected chi connectivity index (χ2v) is 7.22. The third kappa shape index (κ3) is 4.91. The van der Waals surface area contributed by atoms with E-state index in [1.165, 1.54) is 0 Å². The number of rotatable bonds is 3. The molecule has 1 aliphatic heterocycles. The Labute approximate surface area is 140 Å². The predicted molar refractivity (Wildman–Crippen MR) is 95.2 cm³/mol. The zero-order valence-corrected chi connectivity index (χ0v) is 14.8. The van der Waals surface area contributed by atoms with Gasteiger partial charge in [0, 0.05) is 25.2 Å². The molecule has 0 aliphatic carbocycles. The van der Waals surface area contributed by atoms with Crippen molar-refractivity contribution in [2.75, 3.05) is 18.8 Å².